The van der Waals surface area contributed by atoms with Crippen molar-refractivity contribution < 1.29 is 24.0 Å². The summed E-state index contributed by atoms with van der Waals surface area (Å²) in [6, 6.07) is -2.20. The first kappa shape index (κ1) is 16.1. The Kier molecular flexibility index (Phi) is 8.67. The van der Waals surface area contributed by atoms with Crippen LogP contribution in [0, 0.1) is 0 Å². The third-order valence-electron chi connectivity index (χ3n) is 1.27. The van der Waals surface area contributed by atoms with E-state index in [9.17, 15) is 24.0 Å². The molecule has 0 saturated carbocycles. The Morgan fingerprint density at radius 1 is 0.842 bits per heavy atom. The standard InChI is InChI=1S/C5H2B3N6O5/c15-1-9-6-12-4(18)14(8-11-3-17)5(19)13-7-10-2-16/h(H,12,18)(H,13,19). The van der Waals surface area contributed by atoms with Crippen LogP contribution in [0.1, 0.15) is 0 Å². The lowest BCUT2D eigenvalue weighted by Crippen LogP contribution is -2.51. The second-order valence-electron chi connectivity index (χ2n) is 2.30. The molecule has 4 amide bonds. The van der Waals surface area contributed by atoms with Gasteiger partial charge in [0, 0.05) is 0 Å². The van der Waals surface area contributed by atoms with Crippen LogP contribution >= 0.6 is 0 Å². The Balaban J connectivity index is 4.62. The maximum atomic E-state index is 11.4. The average Bonchev–Trinajstić information content (AvgIpc) is 2.40. The van der Waals surface area contributed by atoms with Crippen molar-refractivity contribution in [3.05, 3.63) is 0 Å². The number of urea groups is 2. The number of carbonyl (C=O) groups excluding carboxylic acids is 5. The molecule has 91 valence electrons. The number of carbonyl (C=O) groups is 2. The van der Waals surface area contributed by atoms with Gasteiger partial charge in [-0.2, -0.15) is 0 Å². The predicted molar refractivity (Wildman–Crippen MR) is 60.5 cm³/mol. The van der Waals surface area contributed by atoms with E-state index in [-0.39, 0.29) is 0 Å². The van der Waals surface area contributed by atoms with Crippen molar-refractivity contribution >= 4 is 53.0 Å². The third kappa shape index (κ3) is 7.08. The minimum Gasteiger partial charge on any atom is -0.363 e. The predicted octanol–water partition coefficient (Wildman–Crippen LogP) is -2.68. The number of nitrogens with zero attached hydrogens (tertiary/aromatic N) is 4. The number of amides is 4. The molecule has 3 radical (unpaired) electrons. The molecule has 0 aliphatic heterocycles. The molecule has 0 aromatic rings. The van der Waals surface area contributed by atoms with Gasteiger partial charge in [-0.05, 0) is 0 Å². The van der Waals surface area contributed by atoms with Crippen molar-refractivity contribution in [2.45, 2.75) is 0 Å². The Morgan fingerprint density at radius 3 is 1.63 bits per heavy atom. The summed E-state index contributed by atoms with van der Waals surface area (Å²) in [7, 11) is 1.84. The molecule has 0 rings (SSSR count). The van der Waals surface area contributed by atoms with Crippen molar-refractivity contribution in [3.63, 3.8) is 0 Å². The number of isocyanates is 3. The van der Waals surface area contributed by atoms with Gasteiger partial charge >= 0.3 is 34.7 Å². The first-order valence-corrected chi connectivity index (χ1v) is 4.25. The van der Waals surface area contributed by atoms with Crippen molar-refractivity contribution in [2.24, 2.45) is 14.7 Å². The monoisotopic (exact) mass is 259 g/mol. The molecule has 0 aromatic carbocycles. The van der Waals surface area contributed by atoms with Gasteiger partial charge in [-0.15, -0.1) is 0 Å². The Labute approximate surface area is 108 Å². The lowest BCUT2D eigenvalue weighted by Gasteiger charge is -2.16. The van der Waals surface area contributed by atoms with E-state index in [1.165, 1.54) is 0 Å². The van der Waals surface area contributed by atoms with Gasteiger partial charge in [0.2, 0.25) is 18.2 Å². The quantitative estimate of drug-likeness (QED) is 0.302. The van der Waals surface area contributed by atoms with Gasteiger partial charge in [0.15, 0.2) is 0 Å². The van der Waals surface area contributed by atoms with Gasteiger partial charge in [0.05, 0.1) is 0 Å². The minimum atomic E-state index is -1.10. The highest BCUT2D eigenvalue weighted by Gasteiger charge is 2.22. The fourth-order valence-electron chi connectivity index (χ4n) is 0.645. The van der Waals surface area contributed by atoms with E-state index >= 15 is 0 Å². The van der Waals surface area contributed by atoms with Crippen LogP contribution in [-0.4, -0.2) is 57.8 Å². The summed E-state index contributed by atoms with van der Waals surface area (Å²) in [5.74, 6) is 0. The molecule has 0 aliphatic carbocycles. The van der Waals surface area contributed by atoms with E-state index in [4.69, 9.17) is 0 Å². The minimum absolute atomic E-state index is 0.290. The van der Waals surface area contributed by atoms with Crippen LogP contribution in [0.5, 0.6) is 0 Å². The van der Waals surface area contributed by atoms with Crippen molar-refractivity contribution in [2.75, 3.05) is 0 Å². The molecule has 2 N–H and O–H groups in total. The van der Waals surface area contributed by atoms with Crippen molar-refractivity contribution in [1.82, 2.24) is 15.3 Å². The summed E-state index contributed by atoms with van der Waals surface area (Å²) >= 11 is 0. The van der Waals surface area contributed by atoms with Gasteiger partial charge in [-0.1, -0.05) is 0 Å². The van der Waals surface area contributed by atoms with Crippen molar-refractivity contribution in [3.8, 4) is 0 Å². The van der Waals surface area contributed by atoms with E-state index in [2.05, 4.69) is 14.7 Å². The maximum absolute atomic E-state index is 11.4. The molecular weight excluding hydrogens is 257 g/mol. The summed E-state index contributed by atoms with van der Waals surface area (Å²) in [5, 5.41) is 3.79. The molecule has 0 fully saturated rings. The molecule has 0 unspecified atom stereocenters. The smallest absolute Gasteiger partial charge is 0.363 e. The van der Waals surface area contributed by atoms with Gasteiger partial charge < -0.3 is 10.5 Å². The lowest BCUT2D eigenvalue weighted by atomic mass is 10.1. The zero-order chi connectivity index (χ0) is 14.5. The van der Waals surface area contributed by atoms with Crippen LogP contribution in [0.2, 0.25) is 0 Å². The van der Waals surface area contributed by atoms with Crippen LogP contribution in [0.3, 0.4) is 0 Å². The average molecular weight is 259 g/mol. The molecule has 0 bridgehead atoms. The van der Waals surface area contributed by atoms with Crippen LogP contribution in [0.15, 0.2) is 14.7 Å². The molecule has 0 spiro atoms. The first-order chi connectivity index (χ1) is 9.17. The second kappa shape index (κ2) is 10.2. The number of hydrogen-bond acceptors (Lipinski definition) is 8. The zero-order valence-corrected chi connectivity index (χ0v) is 9.06. The topological polar surface area (TPSA) is 150 Å². The fraction of sp³-hybridized carbons (Fsp3) is 0. The Bertz CT molecular complexity index is 446. The summed E-state index contributed by atoms with van der Waals surface area (Å²) in [6.45, 7) is 0. The third-order valence-corrected chi connectivity index (χ3v) is 1.27. The van der Waals surface area contributed by atoms with Gasteiger partial charge in [0.1, 0.15) is 0 Å². The molecule has 0 aliphatic rings. The summed E-state index contributed by atoms with van der Waals surface area (Å²) in [5.41, 5.74) is 0. The molecular formula is C5H2B3N6O5. The molecule has 0 aromatic heterocycles. The first-order valence-electron chi connectivity index (χ1n) is 4.25. The lowest BCUT2D eigenvalue weighted by molar-refractivity contribution is 0.214. The highest BCUT2D eigenvalue weighted by Crippen LogP contribution is 1.89. The van der Waals surface area contributed by atoms with Crippen LogP contribution in [0.25, 0.3) is 0 Å². The molecule has 0 atom stereocenters. The van der Waals surface area contributed by atoms with Crippen LogP contribution in [-0.2, 0) is 14.4 Å². The van der Waals surface area contributed by atoms with E-state index in [1.54, 1.807) is 0 Å². The molecule has 14 heteroatoms. The van der Waals surface area contributed by atoms with Gasteiger partial charge in [-0.3, -0.25) is 14.4 Å². The highest BCUT2D eigenvalue weighted by molar-refractivity contribution is 6.47. The highest BCUT2D eigenvalue weighted by atomic mass is 16.2. The number of nitrogens with one attached hydrogen (secondary N) is 2. The number of hydrogen-bond donors (Lipinski definition) is 2. The zero-order valence-electron chi connectivity index (χ0n) is 9.06. The molecule has 0 saturated heterocycles. The number of imide groups is 1. The summed E-state index contributed by atoms with van der Waals surface area (Å²) in [6.07, 6.45) is 3.27. The fourth-order valence-corrected chi connectivity index (χ4v) is 0.645. The van der Waals surface area contributed by atoms with Gasteiger partial charge in [-0.25, -0.2) is 29.1 Å². The van der Waals surface area contributed by atoms with Crippen molar-refractivity contribution in [1.29, 1.82) is 0 Å². The normalized spacial score (nSPS) is 7.37. The Morgan fingerprint density at radius 2 is 1.26 bits per heavy atom. The van der Waals surface area contributed by atoms with E-state index in [0.717, 1.165) is 18.2 Å². The molecule has 11 nitrogen and oxygen atoms in total. The largest absolute Gasteiger partial charge is 0.439 e. The molecule has 19 heavy (non-hydrogen) atoms. The van der Waals surface area contributed by atoms with Crippen LogP contribution in [0.4, 0.5) is 9.59 Å². The SMILES string of the molecule is O=C=N[B]NC(=O)N([B]N=C=O)C(=O)N[B]N=C=O. The second-order valence-corrected chi connectivity index (χ2v) is 2.30. The maximum Gasteiger partial charge on any atom is 0.439 e. The van der Waals surface area contributed by atoms with E-state index < -0.39 is 12.1 Å². The summed E-state index contributed by atoms with van der Waals surface area (Å²) < 4.78 is 0. The van der Waals surface area contributed by atoms with E-state index in [0.29, 0.717) is 27.5 Å². The number of rotatable bonds is 6. The summed E-state index contributed by atoms with van der Waals surface area (Å²) in [4.78, 5) is 61.1. The van der Waals surface area contributed by atoms with E-state index in [1.807, 2.05) is 10.5 Å². The molecule has 0 heterocycles. The Hall–Kier alpha value is -2.93. The van der Waals surface area contributed by atoms with Crippen LogP contribution < -0.4 is 10.5 Å². The van der Waals surface area contributed by atoms with Gasteiger partial charge in [0.25, 0.3) is 0 Å².